The summed E-state index contributed by atoms with van der Waals surface area (Å²) in [4.78, 5) is 19.2. The second-order valence-corrected chi connectivity index (χ2v) is 7.35. The van der Waals surface area contributed by atoms with Gasteiger partial charge in [0.2, 0.25) is 5.91 Å². The Morgan fingerprint density at radius 3 is 2.57 bits per heavy atom. The van der Waals surface area contributed by atoms with Crippen molar-refractivity contribution in [3.8, 4) is 17.1 Å². The highest BCUT2D eigenvalue weighted by molar-refractivity contribution is 5.96. The number of carbonyl (C=O) groups excluding carboxylic acids is 1. The van der Waals surface area contributed by atoms with Crippen molar-refractivity contribution >= 4 is 27.7 Å². The Morgan fingerprint density at radius 1 is 0.967 bits per heavy atom. The highest BCUT2D eigenvalue weighted by Crippen LogP contribution is 2.30. The molecule has 5 aromatic rings. The van der Waals surface area contributed by atoms with Gasteiger partial charge in [0.05, 0.1) is 11.0 Å². The van der Waals surface area contributed by atoms with E-state index in [1.54, 1.807) is 12.1 Å². The molecule has 146 valence electrons. The van der Waals surface area contributed by atoms with E-state index in [0.717, 1.165) is 38.8 Å². The number of rotatable bonds is 4. The Kier molecular flexibility index (Phi) is 4.21. The number of aromatic amines is 1. The highest BCUT2D eigenvalue weighted by atomic mass is 16.3. The number of phenolic OH excluding ortho intramolecular Hbond substituents is 1. The average Bonchev–Trinajstić information content (AvgIpc) is 3.20. The van der Waals surface area contributed by atoms with E-state index in [0.29, 0.717) is 23.3 Å². The predicted molar refractivity (Wildman–Crippen MR) is 118 cm³/mol. The fraction of sp³-hybridized carbons (Fsp3) is 0.0400. The first-order chi connectivity index (χ1) is 14.6. The molecule has 4 N–H and O–H groups in total. The van der Waals surface area contributed by atoms with Gasteiger partial charge < -0.3 is 15.8 Å². The van der Waals surface area contributed by atoms with Gasteiger partial charge in [-0.2, -0.15) is 0 Å². The maximum atomic E-state index is 11.4. The molecule has 5 rings (SSSR count). The van der Waals surface area contributed by atoms with Crippen LogP contribution < -0.4 is 5.73 Å². The summed E-state index contributed by atoms with van der Waals surface area (Å²) in [5.74, 6) is 0.592. The Bertz CT molecular complexity index is 1400. The molecular formula is C25H19N3O2. The molecule has 0 atom stereocenters. The fourth-order valence-corrected chi connectivity index (χ4v) is 3.74. The van der Waals surface area contributed by atoms with Gasteiger partial charge in [-0.25, -0.2) is 4.98 Å². The van der Waals surface area contributed by atoms with Gasteiger partial charge in [0.15, 0.2) is 0 Å². The van der Waals surface area contributed by atoms with Crippen LogP contribution in [0.5, 0.6) is 5.75 Å². The van der Waals surface area contributed by atoms with Crippen molar-refractivity contribution in [2.24, 2.45) is 5.73 Å². The normalized spacial score (nSPS) is 11.2. The van der Waals surface area contributed by atoms with Crippen LogP contribution in [0.25, 0.3) is 33.2 Å². The van der Waals surface area contributed by atoms with Gasteiger partial charge in [-0.3, -0.25) is 4.79 Å². The quantitative estimate of drug-likeness (QED) is 0.410. The summed E-state index contributed by atoms with van der Waals surface area (Å²) in [5, 5.41) is 12.5. The predicted octanol–water partition coefficient (Wildman–Crippen LogP) is 4.78. The Morgan fingerprint density at radius 2 is 1.77 bits per heavy atom. The van der Waals surface area contributed by atoms with Crippen LogP contribution in [0.15, 0.2) is 78.9 Å². The number of aromatic nitrogens is 2. The van der Waals surface area contributed by atoms with Crippen molar-refractivity contribution in [2.45, 2.75) is 6.42 Å². The molecule has 1 aromatic heterocycles. The summed E-state index contributed by atoms with van der Waals surface area (Å²) in [5.41, 5.74) is 10.3. The van der Waals surface area contributed by atoms with Gasteiger partial charge in [-0.15, -0.1) is 0 Å². The average molecular weight is 393 g/mol. The van der Waals surface area contributed by atoms with E-state index in [1.165, 1.54) is 0 Å². The molecule has 0 bridgehead atoms. The monoisotopic (exact) mass is 393 g/mol. The molecule has 0 aliphatic heterocycles. The van der Waals surface area contributed by atoms with Crippen molar-refractivity contribution in [2.75, 3.05) is 0 Å². The van der Waals surface area contributed by atoms with Crippen molar-refractivity contribution in [1.29, 1.82) is 0 Å². The minimum atomic E-state index is -0.470. The van der Waals surface area contributed by atoms with E-state index in [-0.39, 0.29) is 0 Å². The lowest BCUT2D eigenvalue weighted by Crippen LogP contribution is -2.10. The molecule has 4 aromatic carbocycles. The number of primary amides is 1. The number of fused-ring (bicyclic) bond motifs is 2. The SMILES string of the molecule is NC(=O)c1ccc2[nH]c(-c3ccc(Cc4ccc5ccccc5c4O)cc3)nc2c1. The standard InChI is InChI=1S/C25H19N3O2/c26-24(30)19-11-12-21-22(14-19)28-25(27-21)17-7-5-15(6-8-17)13-18-10-9-16-3-1-2-4-20(16)23(18)29/h1-12,14,29H,13H2,(H2,26,30)(H,27,28). The molecule has 5 nitrogen and oxygen atoms in total. The number of nitrogens with zero attached hydrogens (tertiary/aromatic N) is 1. The first-order valence-corrected chi connectivity index (χ1v) is 9.67. The lowest BCUT2D eigenvalue weighted by Gasteiger charge is -2.08. The number of carbonyl (C=O) groups is 1. The second kappa shape index (κ2) is 7.04. The molecule has 1 heterocycles. The minimum absolute atomic E-state index is 0.333. The number of nitrogens with two attached hydrogens (primary N) is 1. The zero-order valence-electron chi connectivity index (χ0n) is 16.1. The maximum Gasteiger partial charge on any atom is 0.248 e. The van der Waals surface area contributed by atoms with Gasteiger partial charge in [0.1, 0.15) is 11.6 Å². The molecule has 5 heteroatoms. The number of hydrogen-bond acceptors (Lipinski definition) is 3. The summed E-state index contributed by atoms with van der Waals surface area (Å²) < 4.78 is 0. The molecule has 0 radical (unpaired) electrons. The summed E-state index contributed by atoms with van der Waals surface area (Å²) in [6.07, 6.45) is 0.638. The number of benzene rings is 4. The lowest BCUT2D eigenvalue weighted by molar-refractivity contribution is 0.100. The number of phenols is 1. The highest BCUT2D eigenvalue weighted by Gasteiger charge is 2.10. The van der Waals surface area contributed by atoms with Gasteiger partial charge in [0, 0.05) is 22.9 Å². The number of imidazole rings is 1. The van der Waals surface area contributed by atoms with Crippen molar-refractivity contribution in [3.63, 3.8) is 0 Å². The number of nitrogens with one attached hydrogen (secondary N) is 1. The third-order valence-corrected chi connectivity index (χ3v) is 5.37. The zero-order chi connectivity index (χ0) is 20.7. The maximum absolute atomic E-state index is 11.4. The minimum Gasteiger partial charge on any atom is -0.507 e. The van der Waals surface area contributed by atoms with Crippen LogP contribution in [0.1, 0.15) is 21.5 Å². The number of hydrogen-bond donors (Lipinski definition) is 3. The largest absolute Gasteiger partial charge is 0.507 e. The van der Waals surface area contributed by atoms with Crippen LogP contribution in [0, 0.1) is 0 Å². The summed E-state index contributed by atoms with van der Waals surface area (Å²) in [6, 6.07) is 25.1. The number of amides is 1. The number of aromatic hydroxyl groups is 1. The molecule has 0 aliphatic carbocycles. The Balaban J connectivity index is 1.43. The first-order valence-electron chi connectivity index (χ1n) is 9.67. The summed E-state index contributed by atoms with van der Waals surface area (Å²) >= 11 is 0. The van der Waals surface area contributed by atoms with E-state index in [4.69, 9.17) is 5.73 Å². The zero-order valence-corrected chi connectivity index (χ0v) is 16.1. The molecule has 30 heavy (non-hydrogen) atoms. The summed E-state index contributed by atoms with van der Waals surface area (Å²) in [7, 11) is 0. The van der Waals surface area contributed by atoms with Gasteiger partial charge in [-0.1, -0.05) is 60.7 Å². The van der Waals surface area contributed by atoms with E-state index >= 15 is 0 Å². The van der Waals surface area contributed by atoms with Crippen LogP contribution in [0.2, 0.25) is 0 Å². The van der Waals surface area contributed by atoms with Crippen molar-refractivity contribution in [1.82, 2.24) is 9.97 Å². The smallest absolute Gasteiger partial charge is 0.248 e. The van der Waals surface area contributed by atoms with Gasteiger partial charge in [-0.05, 0) is 34.7 Å². The number of H-pyrrole nitrogens is 1. The topological polar surface area (TPSA) is 92.0 Å². The van der Waals surface area contributed by atoms with Gasteiger partial charge >= 0.3 is 0 Å². The van der Waals surface area contributed by atoms with Crippen molar-refractivity contribution in [3.05, 3.63) is 95.6 Å². The Hall–Kier alpha value is -4.12. The molecule has 0 spiro atoms. The van der Waals surface area contributed by atoms with E-state index in [1.807, 2.05) is 66.7 Å². The van der Waals surface area contributed by atoms with Crippen LogP contribution in [0.4, 0.5) is 0 Å². The Labute approximate surface area is 172 Å². The first kappa shape index (κ1) is 17.9. The molecule has 0 unspecified atom stereocenters. The third kappa shape index (κ3) is 3.16. The van der Waals surface area contributed by atoms with Crippen LogP contribution in [-0.4, -0.2) is 21.0 Å². The van der Waals surface area contributed by atoms with Crippen LogP contribution in [-0.2, 0) is 6.42 Å². The van der Waals surface area contributed by atoms with Crippen LogP contribution in [0.3, 0.4) is 0 Å². The van der Waals surface area contributed by atoms with E-state index in [9.17, 15) is 9.90 Å². The fourth-order valence-electron chi connectivity index (χ4n) is 3.74. The van der Waals surface area contributed by atoms with Crippen molar-refractivity contribution < 1.29 is 9.90 Å². The molecule has 0 saturated carbocycles. The summed E-state index contributed by atoms with van der Waals surface area (Å²) in [6.45, 7) is 0. The molecule has 0 fully saturated rings. The molecule has 0 saturated heterocycles. The lowest BCUT2D eigenvalue weighted by atomic mass is 9.99. The van der Waals surface area contributed by atoms with Gasteiger partial charge in [0.25, 0.3) is 0 Å². The van der Waals surface area contributed by atoms with Crippen LogP contribution >= 0.6 is 0 Å². The third-order valence-electron chi connectivity index (χ3n) is 5.37. The van der Waals surface area contributed by atoms with E-state index in [2.05, 4.69) is 9.97 Å². The molecular weight excluding hydrogens is 374 g/mol. The molecule has 1 amide bonds. The second-order valence-electron chi connectivity index (χ2n) is 7.35. The molecule has 0 aliphatic rings. The van der Waals surface area contributed by atoms with E-state index < -0.39 is 5.91 Å².